The summed E-state index contributed by atoms with van der Waals surface area (Å²) in [4.78, 5) is 16.5. The highest BCUT2D eigenvalue weighted by Crippen LogP contribution is 2.17. The summed E-state index contributed by atoms with van der Waals surface area (Å²) in [5.41, 5.74) is 1.84. The van der Waals surface area contributed by atoms with Crippen LogP contribution < -0.4 is 10.1 Å². The molecule has 150 valence electrons. The third kappa shape index (κ3) is 5.45. The Hall–Kier alpha value is -2.60. The summed E-state index contributed by atoms with van der Waals surface area (Å²) in [6.45, 7) is 4.40. The van der Waals surface area contributed by atoms with Crippen LogP contribution in [0.2, 0.25) is 0 Å². The third-order valence-electron chi connectivity index (χ3n) is 5.18. The second-order valence-corrected chi connectivity index (χ2v) is 6.96. The van der Waals surface area contributed by atoms with E-state index in [1.165, 1.54) is 6.07 Å². The van der Waals surface area contributed by atoms with Gasteiger partial charge in [-0.3, -0.25) is 4.90 Å². The Labute approximate surface area is 166 Å². The molecule has 0 aromatic heterocycles. The zero-order valence-corrected chi connectivity index (χ0v) is 16.4. The first kappa shape index (κ1) is 20.1. The number of carbonyl (C=O) groups excluding carboxylic acids is 1. The van der Waals surface area contributed by atoms with Crippen LogP contribution in [0, 0.1) is 5.82 Å². The molecule has 2 amide bonds. The molecule has 1 aliphatic heterocycles. The maximum atomic E-state index is 13.7. The van der Waals surface area contributed by atoms with E-state index in [0.717, 1.165) is 42.9 Å². The number of hydrogen-bond donors (Lipinski definition) is 1. The highest BCUT2D eigenvalue weighted by molar-refractivity contribution is 5.74. The Morgan fingerprint density at radius 2 is 1.68 bits per heavy atom. The number of amides is 2. The molecule has 0 bridgehead atoms. The van der Waals surface area contributed by atoms with Crippen LogP contribution in [-0.2, 0) is 12.8 Å². The predicted molar refractivity (Wildman–Crippen MR) is 108 cm³/mol. The van der Waals surface area contributed by atoms with Crippen molar-refractivity contribution in [1.82, 2.24) is 15.1 Å². The quantitative estimate of drug-likeness (QED) is 0.797. The van der Waals surface area contributed by atoms with Gasteiger partial charge in [0.25, 0.3) is 0 Å². The Morgan fingerprint density at radius 1 is 1.00 bits per heavy atom. The normalized spacial score (nSPS) is 14.7. The minimum absolute atomic E-state index is 0.0244. The van der Waals surface area contributed by atoms with Crippen LogP contribution in [0.15, 0.2) is 48.5 Å². The van der Waals surface area contributed by atoms with E-state index in [-0.39, 0.29) is 11.8 Å². The lowest BCUT2D eigenvalue weighted by molar-refractivity contribution is 0.140. The van der Waals surface area contributed by atoms with E-state index in [1.807, 2.05) is 41.3 Å². The van der Waals surface area contributed by atoms with Gasteiger partial charge < -0.3 is 15.0 Å². The van der Waals surface area contributed by atoms with Crippen LogP contribution in [0.5, 0.6) is 5.75 Å². The molecular formula is C22H28FN3O2. The number of carbonyl (C=O) groups is 1. The first-order valence-electron chi connectivity index (χ1n) is 9.78. The molecule has 0 aliphatic carbocycles. The Balaban J connectivity index is 1.37. The molecule has 1 aliphatic rings. The predicted octanol–water partition coefficient (Wildman–Crippen LogP) is 2.95. The van der Waals surface area contributed by atoms with Crippen molar-refractivity contribution >= 4 is 6.03 Å². The number of nitrogens with zero attached hydrogens (tertiary/aromatic N) is 2. The number of urea groups is 1. The summed E-state index contributed by atoms with van der Waals surface area (Å²) in [6.07, 6.45) is 1.43. The van der Waals surface area contributed by atoms with Gasteiger partial charge in [0.15, 0.2) is 0 Å². The van der Waals surface area contributed by atoms with E-state index < -0.39 is 0 Å². The first-order chi connectivity index (χ1) is 13.7. The Morgan fingerprint density at radius 3 is 2.39 bits per heavy atom. The van der Waals surface area contributed by atoms with Crippen LogP contribution in [0.3, 0.4) is 0 Å². The van der Waals surface area contributed by atoms with E-state index >= 15 is 0 Å². The van der Waals surface area contributed by atoms with Crippen molar-refractivity contribution in [2.24, 2.45) is 0 Å². The summed E-state index contributed by atoms with van der Waals surface area (Å²) in [7, 11) is 1.66. The Kier molecular flexibility index (Phi) is 7.25. The number of methoxy groups -OCH3 is 1. The first-order valence-corrected chi connectivity index (χ1v) is 9.78. The zero-order chi connectivity index (χ0) is 19.8. The van der Waals surface area contributed by atoms with E-state index in [2.05, 4.69) is 10.2 Å². The van der Waals surface area contributed by atoms with Gasteiger partial charge in [-0.1, -0.05) is 36.4 Å². The number of halogens is 1. The molecule has 2 aromatic carbocycles. The van der Waals surface area contributed by atoms with Gasteiger partial charge in [-0.15, -0.1) is 0 Å². The molecular weight excluding hydrogens is 357 g/mol. The maximum Gasteiger partial charge on any atom is 0.317 e. The van der Waals surface area contributed by atoms with Gasteiger partial charge in [0, 0.05) is 39.3 Å². The number of nitrogens with one attached hydrogen (secondary N) is 1. The van der Waals surface area contributed by atoms with Crippen molar-refractivity contribution in [2.45, 2.75) is 12.8 Å². The highest BCUT2D eigenvalue weighted by Gasteiger charge is 2.20. The largest absolute Gasteiger partial charge is 0.496 e. The van der Waals surface area contributed by atoms with Crippen molar-refractivity contribution in [3.8, 4) is 5.75 Å². The van der Waals surface area contributed by atoms with Gasteiger partial charge in [0.05, 0.1) is 7.11 Å². The molecule has 0 spiro atoms. The number of rotatable bonds is 7. The van der Waals surface area contributed by atoms with Gasteiger partial charge in [0.1, 0.15) is 11.6 Å². The molecule has 2 aromatic rings. The fourth-order valence-electron chi connectivity index (χ4n) is 3.48. The topological polar surface area (TPSA) is 44.8 Å². The summed E-state index contributed by atoms with van der Waals surface area (Å²) in [5, 5.41) is 3.00. The lowest BCUT2D eigenvalue weighted by atomic mass is 10.1. The molecule has 0 unspecified atom stereocenters. The van der Waals surface area contributed by atoms with Crippen molar-refractivity contribution < 1.29 is 13.9 Å². The fourth-order valence-corrected chi connectivity index (χ4v) is 3.48. The minimum atomic E-state index is -0.143. The van der Waals surface area contributed by atoms with E-state index in [1.54, 1.807) is 13.2 Å². The summed E-state index contributed by atoms with van der Waals surface area (Å²) in [5.74, 6) is 0.704. The minimum Gasteiger partial charge on any atom is -0.496 e. The molecule has 0 radical (unpaired) electrons. The molecule has 28 heavy (non-hydrogen) atoms. The molecule has 1 fully saturated rings. The highest BCUT2D eigenvalue weighted by atomic mass is 19.1. The van der Waals surface area contributed by atoms with Gasteiger partial charge in [-0.25, -0.2) is 9.18 Å². The molecule has 5 nitrogen and oxygen atoms in total. The lowest BCUT2D eigenvalue weighted by Gasteiger charge is -2.34. The van der Waals surface area contributed by atoms with E-state index in [9.17, 15) is 9.18 Å². The zero-order valence-electron chi connectivity index (χ0n) is 16.4. The van der Waals surface area contributed by atoms with Gasteiger partial charge in [-0.05, 0) is 36.1 Å². The molecule has 3 rings (SSSR count). The molecule has 6 heteroatoms. The third-order valence-corrected chi connectivity index (χ3v) is 5.18. The van der Waals surface area contributed by atoms with Crippen LogP contribution in [0.1, 0.15) is 11.1 Å². The average Bonchev–Trinajstić information content (AvgIpc) is 2.74. The van der Waals surface area contributed by atoms with Crippen LogP contribution in [0.25, 0.3) is 0 Å². The van der Waals surface area contributed by atoms with Gasteiger partial charge >= 0.3 is 6.03 Å². The van der Waals surface area contributed by atoms with Gasteiger partial charge in [0.2, 0.25) is 0 Å². The summed E-state index contributed by atoms with van der Waals surface area (Å²) < 4.78 is 19.1. The smallest absolute Gasteiger partial charge is 0.317 e. The molecule has 0 saturated carbocycles. The van der Waals surface area contributed by atoms with Gasteiger partial charge in [-0.2, -0.15) is 0 Å². The second kappa shape index (κ2) is 10.1. The van der Waals surface area contributed by atoms with Crippen LogP contribution in [0.4, 0.5) is 9.18 Å². The van der Waals surface area contributed by atoms with E-state index in [0.29, 0.717) is 26.1 Å². The summed E-state index contributed by atoms with van der Waals surface area (Å²) >= 11 is 0. The van der Waals surface area contributed by atoms with Crippen molar-refractivity contribution in [3.05, 3.63) is 65.5 Å². The maximum absolute atomic E-state index is 13.7. The number of piperazine rings is 1. The lowest BCUT2D eigenvalue weighted by Crippen LogP contribution is -2.52. The van der Waals surface area contributed by atoms with Crippen molar-refractivity contribution in [2.75, 3.05) is 46.4 Å². The van der Waals surface area contributed by atoms with Crippen LogP contribution in [-0.4, -0.2) is 62.2 Å². The molecule has 1 heterocycles. The number of para-hydroxylation sites is 1. The summed E-state index contributed by atoms with van der Waals surface area (Å²) in [6, 6.07) is 14.7. The monoisotopic (exact) mass is 385 g/mol. The molecule has 1 N–H and O–H groups in total. The van der Waals surface area contributed by atoms with Crippen molar-refractivity contribution in [3.63, 3.8) is 0 Å². The van der Waals surface area contributed by atoms with Crippen LogP contribution >= 0.6 is 0 Å². The average molecular weight is 385 g/mol. The van der Waals surface area contributed by atoms with E-state index in [4.69, 9.17) is 4.74 Å². The Bertz CT molecular complexity index is 776. The molecule has 0 atom stereocenters. The SMILES string of the molecule is COc1ccccc1CCNC(=O)N1CCN(CCc2ccccc2F)CC1. The fraction of sp³-hybridized carbons (Fsp3) is 0.409. The standard InChI is InChI=1S/C22H28FN3O2/c1-28-21-9-5-3-7-19(21)10-12-24-22(27)26-16-14-25(15-17-26)13-11-18-6-2-4-8-20(18)23/h2-9H,10-17H2,1H3,(H,24,27). The second-order valence-electron chi connectivity index (χ2n) is 6.96. The van der Waals surface area contributed by atoms with Crippen molar-refractivity contribution in [1.29, 1.82) is 0 Å². The molecule has 1 saturated heterocycles. The number of ether oxygens (including phenoxy) is 1. The number of benzene rings is 2. The number of hydrogen-bond acceptors (Lipinski definition) is 3.